The first kappa shape index (κ1) is 24.2. The quantitative estimate of drug-likeness (QED) is 0.586. The van der Waals surface area contributed by atoms with E-state index >= 15 is 0 Å². The molecule has 0 fully saturated rings. The number of halogens is 1. The summed E-state index contributed by atoms with van der Waals surface area (Å²) in [4.78, 5) is 27.4. The molecule has 0 unspecified atom stereocenters. The van der Waals surface area contributed by atoms with Crippen LogP contribution in [0, 0.1) is 5.82 Å². The molecule has 2 amide bonds. The molecule has 6 nitrogen and oxygen atoms in total. The lowest BCUT2D eigenvalue weighted by atomic mass is 10.1. The van der Waals surface area contributed by atoms with Crippen LogP contribution in [0.1, 0.15) is 39.2 Å². The summed E-state index contributed by atoms with van der Waals surface area (Å²) in [5.41, 5.74) is 0.731. The van der Waals surface area contributed by atoms with Gasteiger partial charge in [0.15, 0.2) is 6.61 Å². The van der Waals surface area contributed by atoms with Gasteiger partial charge in [-0.2, -0.15) is 0 Å². The number of rotatable bonds is 11. The predicted molar refractivity (Wildman–Crippen MR) is 117 cm³/mol. The molecule has 1 N–H and O–H groups in total. The monoisotopic (exact) mass is 430 g/mol. The van der Waals surface area contributed by atoms with E-state index in [4.69, 9.17) is 9.47 Å². The molecular weight excluding hydrogens is 399 g/mol. The van der Waals surface area contributed by atoms with E-state index in [9.17, 15) is 14.0 Å². The second kappa shape index (κ2) is 11.9. The van der Waals surface area contributed by atoms with E-state index in [0.717, 1.165) is 12.0 Å². The molecule has 168 valence electrons. The third-order valence-electron chi connectivity index (χ3n) is 5.07. The zero-order chi connectivity index (χ0) is 22.8. The van der Waals surface area contributed by atoms with Gasteiger partial charge in [-0.15, -0.1) is 0 Å². The van der Waals surface area contributed by atoms with Crippen molar-refractivity contribution in [3.63, 3.8) is 0 Å². The van der Waals surface area contributed by atoms with Gasteiger partial charge in [-0.25, -0.2) is 4.39 Å². The fraction of sp³-hybridized carbons (Fsp3) is 0.417. The van der Waals surface area contributed by atoms with E-state index in [1.807, 2.05) is 20.8 Å². The first-order valence-electron chi connectivity index (χ1n) is 10.5. The van der Waals surface area contributed by atoms with Crippen LogP contribution >= 0.6 is 0 Å². The summed E-state index contributed by atoms with van der Waals surface area (Å²) in [7, 11) is 1.57. The molecule has 2 rings (SSSR count). The minimum absolute atomic E-state index is 0.000118. The van der Waals surface area contributed by atoms with Crippen molar-refractivity contribution >= 4 is 11.8 Å². The van der Waals surface area contributed by atoms with Gasteiger partial charge in [0.05, 0.1) is 7.11 Å². The minimum Gasteiger partial charge on any atom is -0.497 e. The average molecular weight is 431 g/mol. The van der Waals surface area contributed by atoms with Crippen LogP contribution in [0.25, 0.3) is 0 Å². The van der Waals surface area contributed by atoms with Crippen molar-refractivity contribution in [2.45, 2.75) is 52.2 Å². The number of ether oxygens (including phenoxy) is 2. The molecule has 0 saturated carbocycles. The van der Waals surface area contributed by atoms with Gasteiger partial charge in [-0.3, -0.25) is 9.59 Å². The Labute approximate surface area is 183 Å². The second-order valence-corrected chi connectivity index (χ2v) is 7.35. The molecule has 2 aromatic carbocycles. The summed E-state index contributed by atoms with van der Waals surface area (Å²) in [5.74, 6) is 0.312. The Morgan fingerprint density at radius 2 is 1.61 bits per heavy atom. The second-order valence-electron chi connectivity index (χ2n) is 7.35. The van der Waals surface area contributed by atoms with Crippen molar-refractivity contribution in [1.29, 1.82) is 0 Å². The number of hydrogen-bond donors (Lipinski definition) is 1. The third kappa shape index (κ3) is 7.27. The lowest BCUT2D eigenvalue weighted by Gasteiger charge is -2.31. The highest BCUT2D eigenvalue weighted by molar-refractivity contribution is 5.88. The highest BCUT2D eigenvalue weighted by atomic mass is 19.1. The Kier molecular flexibility index (Phi) is 9.31. The zero-order valence-electron chi connectivity index (χ0n) is 18.6. The van der Waals surface area contributed by atoms with Crippen molar-refractivity contribution in [3.05, 3.63) is 59.9 Å². The molecule has 0 spiro atoms. The molecule has 0 aliphatic carbocycles. The van der Waals surface area contributed by atoms with E-state index in [2.05, 4.69) is 5.32 Å². The van der Waals surface area contributed by atoms with Gasteiger partial charge < -0.3 is 19.7 Å². The number of methoxy groups -OCH3 is 1. The van der Waals surface area contributed by atoms with Crippen molar-refractivity contribution in [2.75, 3.05) is 13.7 Å². The van der Waals surface area contributed by atoms with Gasteiger partial charge in [0.1, 0.15) is 23.4 Å². The SMILES string of the molecule is CC[C@@H](C)NC(=O)[C@H](CC)N(Cc1ccc(F)cc1)C(=O)COc1ccc(OC)cc1. The highest BCUT2D eigenvalue weighted by Crippen LogP contribution is 2.18. The van der Waals surface area contributed by atoms with Crippen LogP contribution in [0.4, 0.5) is 4.39 Å². The number of carbonyl (C=O) groups is 2. The van der Waals surface area contributed by atoms with Gasteiger partial charge in [-0.1, -0.05) is 26.0 Å². The summed E-state index contributed by atoms with van der Waals surface area (Å²) in [6, 6.07) is 12.1. The number of benzene rings is 2. The molecule has 0 aromatic heterocycles. The summed E-state index contributed by atoms with van der Waals surface area (Å²) >= 11 is 0. The lowest BCUT2D eigenvalue weighted by Crippen LogP contribution is -2.51. The van der Waals surface area contributed by atoms with Crippen LogP contribution in [-0.2, 0) is 16.1 Å². The zero-order valence-corrected chi connectivity index (χ0v) is 18.6. The summed E-state index contributed by atoms with van der Waals surface area (Å²) in [5, 5.41) is 2.95. The van der Waals surface area contributed by atoms with E-state index < -0.39 is 6.04 Å². The molecule has 2 aromatic rings. The maximum atomic E-state index is 13.3. The molecule has 0 radical (unpaired) electrons. The van der Waals surface area contributed by atoms with E-state index in [1.165, 1.54) is 17.0 Å². The summed E-state index contributed by atoms with van der Waals surface area (Å²) in [6.07, 6.45) is 1.23. The molecule has 2 atom stereocenters. The Balaban J connectivity index is 2.18. The average Bonchev–Trinajstić information content (AvgIpc) is 2.78. The number of nitrogens with one attached hydrogen (secondary N) is 1. The maximum absolute atomic E-state index is 13.3. The van der Waals surface area contributed by atoms with Gasteiger partial charge in [0.2, 0.25) is 5.91 Å². The topological polar surface area (TPSA) is 67.9 Å². The Bertz CT molecular complexity index is 840. The first-order valence-corrected chi connectivity index (χ1v) is 10.5. The first-order chi connectivity index (χ1) is 14.9. The highest BCUT2D eigenvalue weighted by Gasteiger charge is 2.29. The van der Waals surface area contributed by atoms with E-state index in [1.54, 1.807) is 43.5 Å². The number of nitrogens with zero attached hydrogens (tertiary/aromatic N) is 1. The van der Waals surface area contributed by atoms with Gasteiger partial charge in [0.25, 0.3) is 5.91 Å². The Hall–Kier alpha value is -3.09. The molecule has 0 aliphatic rings. The standard InChI is InChI=1S/C24H31FN2O4/c1-5-17(3)26-24(29)22(6-2)27(15-18-7-9-19(25)10-8-18)23(28)16-31-21-13-11-20(30-4)12-14-21/h7-14,17,22H,5-6,15-16H2,1-4H3,(H,26,29)/t17-,22+/m1/s1. The van der Waals surface area contributed by atoms with Crippen LogP contribution in [0.2, 0.25) is 0 Å². The van der Waals surface area contributed by atoms with Crippen LogP contribution in [0.5, 0.6) is 11.5 Å². The Morgan fingerprint density at radius 3 is 2.16 bits per heavy atom. The minimum atomic E-state index is -0.661. The molecular formula is C24H31FN2O4. The number of amides is 2. The van der Waals surface area contributed by atoms with Gasteiger partial charge in [-0.05, 0) is 61.7 Å². The summed E-state index contributed by atoms with van der Waals surface area (Å²) < 4.78 is 24.1. The van der Waals surface area contributed by atoms with E-state index in [0.29, 0.717) is 17.9 Å². The number of hydrogen-bond acceptors (Lipinski definition) is 4. The third-order valence-corrected chi connectivity index (χ3v) is 5.07. The number of carbonyl (C=O) groups excluding carboxylic acids is 2. The normalized spacial score (nSPS) is 12.5. The van der Waals surface area contributed by atoms with Crippen LogP contribution in [0.3, 0.4) is 0 Å². The van der Waals surface area contributed by atoms with Gasteiger partial charge >= 0.3 is 0 Å². The van der Waals surface area contributed by atoms with Gasteiger partial charge in [0, 0.05) is 12.6 Å². The van der Waals surface area contributed by atoms with Crippen molar-refractivity contribution in [3.8, 4) is 11.5 Å². The maximum Gasteiger partial charge on any atom is 0.261 e. The molecule has 0 bridgehead atoms. The predicted octanol–water partition coefficient (Wildman–Crippen LogP) is 3.94. The molecule has 31 heavy (non-hydrogen) atoms. The molecule has 0 saturated heterocycles. The van der Waals surface area contributed by atoms with Crippen LogP contribution in [-0.4, -0.2) is 42.5 Å². The molecule has 0 aliphatic heterocycles. The Morgan fingerprint density at radius 1 is 1.00 bits per heavy atom. The van der Waals surface area contributed by atoms with Crippen LogP contribution < -0.4 is 14.8 Å². The largest absolute Gasteiger partial charge is 0.497 e. The summed E-state index contributed by atoms with van der Waals surface area (Å²) in [6.45, 7) is 5.72. The molecule has 0 heterocycles. The fourth-order valence-corrected chi connectivity index (χ4v) is 3.05. The van der Waals surface area contributed by atoms with Crippen molar-refractivity contribution in [2.24, 2.45) is 0 Å². The smallest absolute Gasteiger partial charge is 0.261 e. The molecule has 7 heteroatoms. The lowest BCUT2D eigenvalue weighted by molar-refractivity contribution is -0.143. The van der Waals surface area contributed by atoms with Crippen molar-refractivity contribution in [1.82, 2.24) is 10.2 Å². The fourth-order valence-electron chi connectivity index (χ4n) is 3.05. The van der Waals surface area contributed by atoms with Crippen LogP contribution in [0.15, 0.2) is 48.5 Å². The van der Waals surface area contributed by atoms with Crippen molar-refractivity contribution < 1.29 is 23.5 Å². The van der Waals surface area contributed by atoms with E-state index in [-0.39, 0.29) is 36.8 Å².